The second-order valence-corrected chi connectivity index (χ2v) is 1.79. The number of allylic oxidation sites excluding steroid dienone is 2. The summed E-state index contributed by atoms with van der Waals surface area (Å²) in [5.74, 6) is 0. The number of hydrogen-bond acceptors (Lipinski definition) is 5. The molecule has 2 N–H and O–H groups in total. The summed E-state index contributed by atoms with van der Waals surface area (Å²) in [4.78, 5) is 3.51. The van der Waals surface area contributed by atoms with Crippen LogP contribution in [0.1, 0.15) is 6.92 Å². The summed E-state index contributed by atoms with van der Waals surface area (Å²) in [5.41, 5.74) is 4.69. The lowest BCUT2D eigenvalue weighted by atomic mass is 10.3. The molecule has 5 heteroatoms. The van der Waals surface area contributed by atoms with E-state index in [1.165, 1.54) is 6.92 Å². The van der Waals surface area contributed by atoms with Crippen LogP contribution in [-0.4, -0.2) is 5.71 Å². The van der Waals surface area contributed by atoms with Crippen LogP contribution in [0.4, 0.5) is 0 Å². The normalized spacial score (nSPS) is 12.0. The second kappa shape index (κ2) is 4.49. The molecule has 0 unspecified atom stereocenters. The zero-order valence-corrected chi connectivity index (χ0v) is 6.37. The topological polar surface area (TPSA) is 110 Å². The van der Waals surface area contributed by atoms with Crippen molar-refractivity contribution >= 4 is 5.71 Å². The molecule has 58 valence electrons. The zero-order chi connectivity index (χ0) is 9.56. The first-order valence-corrected chi connectivity index (χ1v) is 2.91. The van der Waals surface area contributed by atoms with Crippen LogP contribution >= 0.6 is 0 Å². The molecule has 0 atom stereocenters. The molecule has 0 rings (SSSR count). The van der Waals surface area contributed by atoms with Crippen molar-refractivity contribution in [3.05, 3.63) is 11.4 Å². The third-order valence-corrected chi connectivity index (χ3v) is 0.923. The minimum absolute atomic E-state index is 0.0877. The van der Waals surface area contributed by atoms with Crippen molar-refractivity contribution in [1.82, 2.24) is 0 Å². The molecule has 0 aliphatic heterocycles. The third kappa shape index (κ3) is 2.51. The zero-order valence-electron chi connectivity index (χ0n) is 6.37. The van der Waals surface area contributed by atoms with E-state index in [1.807, 2.05) is 0 Å². The van der Waals surface area contributed by atoms with E-state index < -0.39 is 0 Å². The Morgan fingerprint density at radius 1 is 1.17 bits per heavy atom. The highest BCUT2D eigenvalue weighted by atomic mass is 14.8. The Kier molecular flexibility index (Phi) is 3.62. The Morgan fingerprint density at radius 3 is 2.08 bits per heavy atom. The van der Waals surface area contributed by atoms with Gasteiger partial charge in [-0.15, -0.1) is 0 Å². The average Bonchev–Trinajstić information content (AvgIpc) is 2.12. The SMILES string of the molecule is CC(C#N)=N/C(C#N)=C(\N)C#N. The van der Waals surface area contributed by atoms with Crippen LogP contribution in [0.15, 0.2) is 16.4 Å². The quantitative estimate of drug-likeness (QED) is 0.434. The van der Waals surface area contributed by atoms with Crippen molar-refractivity contribution in [2.75, 3.05) is 0 Å². The number of nitrogens with zero attached hydrogens (tertiary/aromatic N) is 4. The van der Waals surface area contributed by atoms with Gasteiger partial charge in [0, 0.05) is 0 Å². The van der Waals surface area contributed by atoms with E-state index in [4.69, 9.17) is 21.5 Å². The molecular weight excluding hydrogens is 154 g/mol. The first-order chi connectivity index (χ1) is 5.65. The number of nitrogens with two attached hydrogens (primary N) is 1. The summed E-state index contributed by atoms with van der Waals surface area (Å²) in [6.45, 7) is 1.42. The lowest BCUT2D eigenvalue weighted by Gasteiger charge is -1.89. The molecule has 0 saturated heterocycles. The van der Waals surface area contributed by atoms with Crippen molar-refractivity contribution in [3.63, 3.8) is 0 Å². The van der Waals surface area contributed by atoms with Crippen LogP contribution in [0.2, 0.25) is 0 Å². The van der Waals surface area contributed by atoms with Crippen molar-refractivity contribution in [2.45, 2.75) is 6.92 Å². The van der Waals surface area contributed by atoms with Gasteiger partial charge in [-0.05, 0) is 6.92 Å². The fourth-order valence-electron chi connectivity index (χ4n) is 0.391. The number of aliphatic imine (C=N–C) groups is 1. The van der Waals surface area contributed by atoms with Gasteiger partial charge in [-0.3, -0.25) is 0 Å². The molecule has 0 radical (unpaired) electrons. The highest BCUT2D eigenvalue weighted by molar-refractivity contribution is 5.97. The molecule has 0 saturated carbocycles. The summed E-state index contributed by atoms with van der Waals surface area (Å²) in [6.07, 6.45) is 0. The number of rotatable bonds is 1. The van der Waals surface area contributed by atoms with E-state index in [2.05, 4.69) is 4.99 Å². The summed E-state index contributed by atoms with van der Waals surface area (Å²) in [6, 6.07) is 4.88. The minimum Gasteiger partial charge on any atom is -0.388 e. The molecule has 0 spiro atoms. The van der Waals surface area contributed by atoms with Gasteiger partial charge in [-0.2, -0.15) is 15.8 Å². The molecule has 0 aromatic heterocycles. The Morgan fingerprint density at radius 2 is 1.75 bits per heavy atom. The molecule has 0 bridgehead atoms. The molecule has 12 heavy (non-hydrogen) atoms. The van der Waals surface area contributed by atoms with Gasteiger partial charge in [-0.25, -0.2) is 4.99 Å². The predicted molar refractivity (Wildman–Crippen MR) is 41.2 cm³/mol. The Labute approximate surface area is 69.7 Å². The van der Waals surface area contributed by atoms with Gasteiger partial charge in [0.1, 0.15) is 29.6 Å². The van der Waals surface area contributed by atoms with Crippen LogP contribution in [0.5, 0.6) is 0 Å². The van der Waals surface area contributed by atoms with Gasteiger partial charge in [0.2, 0.25) is 0 Å². The molecule has 0 aromatic carbocycles. The van der Waals surface area contributed by atoms with Crippen LogP contribution in [0.25, 0.3) is 0 Å². The predicted octanol–water partition coefficient (Wildman–Crippen LogP) is 0.188. The van der Waals surface area contributed by atoms with E-state index in [9.17, 15) is 0 Å². The van der Waals surface area contributed by atoms with Crippen molar-refractivity contribution in [2.24, 2.45) is 10.7 Å². The first kappa shape index (κ1) is 9.68. The second-order valence-electron chi connectivity index (χ2n) is 1.79. The van der Waals surface area contributed by atoms with Crippen molar-refractivity contribution in [3.8, 4) is 18.2 Å². The maximum Gasteiger partial charge on any atom is 0.175 e. The van der Waals surface area contributed by atoms with Crippen LogP contribution < -0.4 is 5.73 Å². The highest BCUT2D eigenvalue weighted by Crippen LogP contribution is 1.98. The lowest BCUT2D eigenvalue weighted by molar-refractivity contribution is 1.26. The van der Waals surface area contributed by atoms with E-state index in [0.29, 0.717) is 0 Å². The first-order valence-electron chi connectivity index (χ1n) is 2.91. The van der Waals surface area contributed by atoms with Gasteiger partial charge < -0.3 is 5.73 Å². The summed E-state index contributed by atoms with van der Waals surface area (Å²) in [7, 11) is 0. The van der Waals surface area contributed by atoms with Crippen LogP contribution in [0, 0.1) is 34.0 Å². The standard InChI is InChI=1S/C7H5N5/c1-5(2-8)12-7(4-10)6(11)3-9/h11H2,1H3/b7-6-,12-5?. The molecule has 5 nitrogen and oxygen atoms in total. The maximum atomic E-state index is 8.42. The van der Waals surface area contributed by atoms with E-state index in [-0.39, 0.29) is 17.1 Å². The van der Waals surface area contributed by atoms with Gasteiger partial charge in [0.25, 0.3) is 0 Å². The number of nitriles is 3. The lowest BCUT2D eigenvalue weighted by Crippen LogP contribution is -1.98. The van der Waals surface area contributed by atoms with Gasteiger partial charge in [0.15, 0.2) is 5.70 Å². The van der Waals surface area contributed by atoms with Gasteiger partial charge in [0.05, 0.1) is 0 Å². The molecule has 0 amide bonds. The summed E-state index contributed by atoms with van der Waals surface area (Å²) < 4.78 is 0. The maximum absolute atomic E-state index is 8.42. The van der Waals surface area contributed by atoms with Crippen molar-refractivity contribution < 1.29 is 0 Å². The van der Waals surface area contributed by atoms with E-state index in [1.54, 1.807) is 18.2 Å². The number of hydrogen-bond donors (Lipinski definition) is 1. The fraction of sp³-hybridized carbons (Fsp3) is 0.143. The summed E-state index contributed by atoms with van der Waals surface area (Å²) in [5, 5.41) is 25.0. The summed E-state index contributed by atoms with van der Waals surface area (Å²) >= 11 is 0. The van der Waals surface area contributed by atoms with E-state index in [0.717, 1.165) is 0 Å². The third-order valence-electron chi connectivity index (χ3n) is 0.923. The average molecular weight is 159 g/mol. The molecule has 0 fully saturated rings. The largest absolute Gasteiger partial charge is 0.388 e. The Balaban J connectivity index is 5.07. The Bertz CT molecular complexity index is 355. The van der Waals surface area contributed by atoms with Gasteiger partial charge in [-0.1, -0.05) is 0 Å². The van der Waals surface area contributed by atoms with Gasteiger partial charge >= 0.3 is 0 Å². The molecule has 0 heterocycles. The van der Waals surface area contributed by atoms with Crippen LogP contribution in [-0.2, 0) is 0 Å². The monoisotopic (exact) mass is 159 g/mol. The fourth-order valence-corrected chi connectivity index (χ4v) is 0.391. The van der Waals surface area contributed by atoms with E-state index >= 15 is 0 Å². The highest BCUT2D eigenvalue weighted by Gasteiger charge is 1.99. The minimum atomic E-state index is -0.285. The van der Waals surface area contributed by atoms with Crippen LogP contribution in [0.3, 0.4) is 0 Å². The molecule has 0 aliphatic rings. The van der Waals surface area contributed by atoms with Crippen molar-refractivity contribution in [1.29, 1.82) is 15.8 Å². The smallest absolute Gasteiger partial charge is 0.175 e. The Hall–Kier alpha value is -2.32. The molecular formula is C7H5N5. The molecule has 0 aliphatic carbocycles. The molecule has 0 aromatic rings.